The minimum atomic E-state index is -0.620. The van der Waals surface area contributed by atoms with Gasteiger partial charge >= 0.3 is 0 Å². The lowest BCUT2D eigenvalue weighted by atomic mass is 9.55. The van der Waals surface area contributed by atoms with Crippen molar-refractivity contribution in [1.29, 1.82) is 0 Å². The summed E-state index contributed by atoms with van der Waals surface area (Å²) in [6, 6.07) is 0. The molecular formula is C28H44O3. The van der Waals surface area contributed by atoms with Gasteiger partial charge in [-0.05, 0) is 85.7 Å². The van der Waals surface area contributed by atoms with E-state index in [0.29, 0.717) is 48.5 Å². The second-order valence-corrected chi connectivity index (χ2v) is 10.9. The molecule has 0 aromatic rings. The first-order valence-corrected chi connectivity index (χ1v) is 12.3. The van der Waals surface area contributed by atoms with Crippen LogP contribution in [-0.4, -0.2) is 35.6 Å². The normalized spacial score (nSPS) is 37.5. The number of rotatable bonds is 7. The highest BCUT2D eigenvalue weighted by Gasteiger charge is 2.55. The predicted octanol–water partition coefficient (Wildman–Crippen LogP) is 5.99. The van der Waals surface area contributed by atoms with Crippen LogP contribution in [0.5, 0.6) is 0 Å². The van der Waals surface area contributed by atoms with Crippen molar-refractivity contribution in [2.24, 2.45) is 29.1 Å². The van der Waals surface area contributed by atoms with Gasteiger partial charge in [-0.2, -0.15) is 0 Å². The molecule has 3 aliphatic carbocycles. The SMILES string of the molecule is C=C(C)COC[C@@H](C)[C@H]1CC[C@H]2/C(=C/C=C3/C[C@@H](O)C[C@H](O)C3=C)CCC[C@]12C(C)C. The van der Waals surface area contributed by atoms with Crippen LogP contribution < -0.4 is 0 Å². The summed E-state index contributed by atoms with van der Waals surface area (Å²) in [6.45, 7) is 18.8. The van der Waals surface area contributed by atoms with Gasteiger partial charge in [0.2, 0.25) is 0 Å². The molecule has 2 N–H and O–H groups in total. The Kier molecular flexibility index (Phi) is 8.05. The van der Waals surface area contributed by atoms with Gasteiger partial charge in [0.1, 0.15) is 0 Å². The molecule has 0 heterocycles. The zero-order valence-electron chi connectivity index (χ0n) is 20.2. The second-order valence-electron chi connectivity index (χ2n) is 10.9. The molecule has 174 valence electrons. The van der Waals surface area contributed by atoms with Gasteiger partial charge in [0.05, 0.1) is 18.8 Å². The molecule has 0 saturated heterocycles. The largest absolute Gasteiger partial charge is 0.393 e. The average Bonchev–Trinajstić information content (AvgIpc) is 3.11. The summed E-state index contributed by atoms with van der Waals surface area (Å²) in [5, 5.41) is 20.3. The van der Waals surface area contributed by atoms with E-state index >= 15 is 0 Å². The summed E-state index contributed by atoms with van der Waals surface area (Å²) in [5.41, 5.74) is 4.78. The van der Waals surface area contributed by atoms with Crippen molar-refractivity contribution >= 4 is 0 Å². The predicted molar refractivity (Wildman–Crippen MR) is 129 cm³/mol. The van der Waals surface area contributed by atoms with Crippen molar-refractivity contribution in [2.45, 2.75) is 84.8 Å². The molecule has 0 amide bonds. The summed E-state index contributed by atoms with van der Waals surface area (Å²) in [5.74, 6) is 2.50. The lowest BCUT2D eigenvalue weighted by Gasteiger charge is -2.50. The van der Waals surface area contributed by atoms with E-state index < -0.39 is 12.2 Å². The van der Waals surface area contributed by atoms with Crippen LogP contribution >= 0.6 is 0 Å². The van der Waals surface area contributed by atoms with Gasteiger partial charge in [-0.25, -0.2) is 0 Å². The molecule has 0 aromatic heterocycles. The molecule has 0 aliphatic heterocycles. The van der Waals surface area contributed by atoms with Crippen LogP contribution in [-0.2, 0) is 4.74 Å². The number of aliphatic hydroxyl groups is 2. The summed E-state index contributed by atoms with van der Waals surface area (Å²) < 4.78 is 5.98. The standard InChI is InChI=1S/C28H44O3/c1-18(2)16-31-17-20(5)25-11-12-26-22(8-7-13-28(25,26)19(3)4)9-10-23-14-24(29)15-27(30)21(23)6/h9-10,19-20,24-27,29-30H,1,6-8,11-17H2,2-5H3/b22-9+,23-10-/t20-,24-,25-,26+,27+,28+/m1/s1. The Hall–Kier alpha value is -1.16. The number of hydrogen-bond donors (Lipinski definition) is 2. The maximum atomic E-state index is 10.2. The molecular weight excluding hydrogens is 384 g/mol. The maximum absolute atomic E-state index is 10.2. The van der Waals surface area contributed by atoms with E-state index in [2.05, 4.69) is 46.1 Å². The Labute approximate surface area is 190 Å². The molecule has 0 radical (unpaired) electrons. The van der Waals surface area contributed by atoms with Gasteiger partial charge in [-0.1, -0.05) is 57.2 Å². The lowest BCUT2D eigenvalue weighted by molar-refractivity contribution is -0.00359. The topological polar surface area (TPSA) is 49.7 Å². The number of allylic oxidation sites excluding steroid dienone is 3. The molecule has 3 nitrogen and oxygen atoms in total. The van der Waals surface area contributed by atoms with Crippen LogP contribution in [0.25, 0.3) is 0 Å². The molecule has 0 bridgehead atoms. The summed E-state index contributed by atoms with van der Waals surface area (Å²) in [7, 11) is 0. The van der Waals surface area contributed by atoms with Crippen LogP contribution in [0, 0.1) is 29.1 Å². The maximum Gasteiger partial charge on any atom is 0.0811 e. The smallest absolute Gasteiger partial charge is 0.0811 e. The third kappa shape index (κ3) is 5.10. The van der Waals surface area contributed by atoms with E-state index in [0.717, 1.165) is 29.7 Å². The summed E-state index contributed by atoms with van der Waals surface area (Å²) in [4.78, 5) is 0. The van der Waals surface area contributed by atoms with Crippen molar-refractivity contribution in [1.82, 2.24) is 0 Å². The molecule has 0 aromatic carbocycles. The highest BCUT2D eigenvalue weighted by molar-refractivity contribution is 5.38. The molecule has 3 aliphatic rings. The van der Waals surface area contributed by atoms with E-state index in [1.165, 1.54) is 25.7 Å². The van der Waals surface area contributed by atoms with Crippen molar-refractivity contribution in [3.8, 4) is 0 Å². The van der Waals surface area contributed by atoms with Crippen molar-refractivity contribution < 1.29 is 14.9 Å². The van der Waals surface area contributed by atoms with Crippen LogP contribution in [0.1, 0.15) is 72.6 Å². The third-order valence-corrected chi connectivity index (χ3v) is 8.38. The minimum absolute atomic E-state index is 0.344. The average molecular weight is 429 g/mol. The minimum Gasteiger partial charge on any atom is -0.393 e. The van der Waals surface area contributed by atoms with Gasteiger partial charge in [0.15, 0.2) is 0 Å². The van der Waals surface area contributed by atoms with Gasteiger partial charge in [-0.15, -0.1) is 0 Å². The molecule has 3 heteroatoms. The second kappa shape index (κ2) is 10.2. The number of ether oxygens (including phenoxy) is 1. The quantitative estimate of drug-likeness (QED) is 0.490. The van der Waals surface area contributed by atoms with Crippen LogP contribution in [0.15, 0.2) is 47.6 Å². The Balaban J connectivity index is 1.82. The van der Waals surface area contributed by atoms with Crippen LogP contribution in [0.4, 0.5) is 0 Å². The molecule has 6 atom stereocenters. The number of hydrogen-bond acceptors (Lipinski definition) is 3. The number of aliphatic hydroxyl groups excluding tert-OH is 2. The highest BCUT2D eigenvalue weighted by Crippen LogP contribution is 2.63. The van der Waals surface area contributed by atoms with Gasteiger partial charge in [0.25, 0.3) is 0 Å². The Morgan fingerprint density at radius 1 is 1.23 bits per heavy atom. The zero-order valence-corrected chi connectivity index (χ0v) is 20.2. The molecule has 31 heavy (non-hydrogen) atoms. The van der Waals surface area contributed by atoms with Gasteiger partial charge in [0, 0.05) is 13.0 Å². The van der Waals surface area contributed by atoms with E-state index in [1.54, 1.807) is 5.57 Å². The molecule has 0 spiro atoms. The zero-order chi connectivity index (χ0) is 22.8. The first-order valence-electron chi connectivity index (χ1n) is 12.3. The van der Waals surface area contributed by atoms with Crippen LogP contribution in [0.2, 0.25) is 0 Å². The van der Waals surface area contributed by atoms with Crippen LogP contribution in [0.3, 0.4) is 0 Å². The van der Waals surface area contributed by atoms with Crippen molar-refractivity contribution in [2.75, 3.05) is 13.2 Å². The molecule has 3 rings (SSSR count). The first kappa shape index (κ1) is 24.5. The Morgan fingerprint density at radius 3 is 2.65 bits per heavy atom. The van der Waals surface area contributed by atoms with E-state index in [1.807, 2.05) is 6.92 Å². The molecule has 3 fully saturated rings. The fraction of sp³-hybridized carbons (Fsp3) is 0.714. The lowest BCUT2D eigenvalue weighted by Crippen LogP contribution is -2.43. The Bertz CT molecular complexity index is 731. The van der Waals surface area contributed by atoms with E-state index in [4.69, 9.17) is 4.74 Å². The molecule has 3 saturated carbocycles. The van der Waals surface area contributed by atoms with Crippen molar-refractivity contribution in [3.05, 3.63) is 47.6 Å². The Morgan fingerprint density at radius 2 is 1.97 bits per heavy atom. The van der Waals surface area contributed by atoms with Gasteiger partial charge < -0.3 is 14.9 Å². The fourth-order valence-electron chi connectivity index (χ4n) is 6.94. The molecule has 0 unspecified atom stereocenters. The number of fused-ring (bicyclic) bond motifs is 1. The summed E-state index contributed by atoms with van der Waals surface area (Å²) >= 11 is 0. The van der Waals surface area contributed by atoms with E-state index in [9.17, 15) is 10.2 Å². The first-order chi connectivity index (χ1) is 14.7. The third-order valence-electron chi connectivity index (χ3n) is 8.38. The highest BCUT2D eigenvalue weighted by atomic mass is 16.5. The fourth-order valence-corrected chi connectivity index (χ4v) is 6.94. The van der Waals surface area contributed by atoms with Crippen molar-refractivity contribution in [3.63, 3.8) is 0 Å². The summed E-state index contributed by atoms with van der Waals surface area (Å²) in [6.07, 6.45) is 10.6. The monoisotopic (exact) mass is 428 g/mol. The van der Waals surface area contributed by atoms with Gasteiger partial charge in [-0.3, -0.25) is 0 Å². The van der Waals surface area contributed by atoms with E-state index in [-0.39, 0.29) is 0 Å².